The van der Waals surface area contributed by atoms with Gasteiger partial charge < -0.3 is 10.6 Å². The second-order valence-electron chi connectivity index (χ2n) is 5.60. The molecule has 3 aromatic rings. The molecule has 1 amide bonds. The maximum Gasteiger partial charge on any atom is 0.259 e. The van der Waals surface area contributed by atoms with Crippen molar-refractivity contribution in [3.8, 4) is 0 Å². The second-order valence-corrected chi connectivity index (χ2v) is 5.60. The van der Waals surface area contributed by atoms with Gasteiger partial charge in [-0.05, 0) is 48.9 Å². The van der Waals surface area contributed by atoms with E-state index >= 15 is 0 Å². The maximum absolute atomic E-state index is 13.6. The van der Waals surface area contributed by atoms with E-state index in [9.17, 15) is 18.0 Å². The van der Waals surface area contributed by atoms with Crippen LogP contribution in [0.5, 0.6) is 0 Å². The number of rotatable bonds is 4. The SMILES string of the molecule is Cc1cccc(Nc2ccc(NC(=O)c3ccc(F)c(F)c3F)nc2)c1. The summed E-state index contributed by atoms with van der Waals surface area (Å²) in [5.74, 6) is -5.37. The fourth-order valence-electron chi connectivity index (χ4n) is 2.32. The van der Waals surface area contributed by atoms with Gasteiger partial charge in [-0.1, -0.05) is 12.1 Å². The average Bonchev–Trinajstić information content (AvgIpc) is 2.61. The normalized spacial score (nSPS) is 10.5. The van der Waals surface area contributed by atoms with Crippen LogP contribution in [-0.4, -0.2) is 10.9 Å². The van der Waals surface area contributed by atoms with Crippen molar-refractivity contribution in [3.63, 3.8) is 0 Å². The number of hydrogen-bond donors (Lipinski definition) is 2. The Morgan fingerprint density at radius 3 is 2.46 bits per heavy atom. The van der Waals surface area contributed by atoms with Crippen molar-refractivity contribution in [1.82, 2.24) is 4.98 Å². The molecule has 4 nitrogen and oxygen atoms in total. The number of carbonyl (C=O) groups is 1. The van der Waals surface area contributed by atoms with Gasteiger partial charge in [-0.15, -0.1) is 0 Å². The molecule has 0 fully saturated rings. The quantitative estimate of drug-likeness (QED) is 0.659. The fraction of sp³-hybridized carbons (Fsp3) is 0.0526. The highest BCUT2D eigenvalue weighted by atomic mass is 19.2. The summed E-state index contributed by atoms with van der Waals surface area (Å²) in [6, 6.07) is 12.5. The van der Waals surface area contributed by atoms with E-state index in [1.807, 2.05) is 31.2 Å². The van der Waals surface area contributed by atoms with Crippen molar-refractivity contribution in [3.05, 3.63) is 83.3 Å². The Balaban J connectivity index is 1.71. The van der Waals surface area contributed by atoms with Crippen molar-refractivity contribution >= 4 is 23.1 Å². The molecular formula is C19H14F3N3O. The van der Waals surface area contributed by atoms with Gasteiger partial charge in [-0.3, -0.25) is 4.79 Å². The molecule has 0 atom stereocenters. The molecule has 0 aliphatic rings. The molecule has 1 heterocycles. The third-order valence-electron chi connectivity index (χ3n) is 3.59. The van der Waals surface area contributed by atoms with Gasteiger partial charge in [0.15, 0.2) is 17.5 Å². The van der Waals surface area contributed by atoms with Crippen LogP contribution in [0, 0.1) is 24.4 Å². The van der Waals surface area contributed by atoms with Crippen LogP contribution in [0.15, 0.2) is 54.7 Å². The van der Waals surface area contributed by atoms with E-state index in [0.717, 1.165) is 17.3 Å². The van der Waals surface area contributed by atoms with Crippen LogP contribution in [0.1, 0.15) is 15.9 Å². The third kappa shape index (κ3) is 3.83. The molecule has 0 saturated heterocycles. The van der Waals surface area contributed by atoms with E-state index in [-0.39, 0.29) is 5.82 Å². The number of halogens is 3. The zero-order chi connectivity index (χ0) is 18.7. The lowest BCUT2D eigenvalue weighted by atomic mass is 10.2. The molecule has 3 rings (SSSR count). The first-order valence-electron chi connectivity index (χ1n) is 7.68. The van der Waals surface area contributed by atoms with Crippen LogP contribution in [0.3, 0.4) is 0 Å². The number of aryl methyl sites for hydroxylation is 1. The summed E-state index contributed by atoms with van der Waals surface area (Å²) in [7, 11) is 0. The highest BCUT2D eigenvalue weighted by Gasteiger charge is 2.19. The minimum Gasteiger partial charge on any atom is -0.354 e. The number of anilines is 3. The van der Waals surface area contributed by atoms with Gasteiger partial charge in [0, 0.05) is 5.69 Å². The number of nitrogens with one attached hydrogen (secondary N) is 2. The van der Waals surface area contributed by atoms with Gasteiger partial charge in [0.05, 0.1) is 17.4 Å². The van der Waals surface area contributed by atoms with Crippen molar-refractivity contribution in [2.24, 2.45) is 0 Å². The molecule has 0 aliphatic carbocycles. The molecule has 0 radical (unpaired) electrons. The van der Waals surface area contributed by atoms with Gasteiger partial charge >= 0.3 is 0 Å². The van der Waals surface area contributed by atoms with E-state index < -0.39 is 28.9 Å². The summed E-state index contributed by atoms with van der Waals surface area (Å²) in [4.78, 5) is 16.1. The van der Waals surface area contributed by atoms with Crippen LogP contribution >= 0.6 is 0 Å². The summed E-state index contributed by atoms with van der Waals surface area (Å²) >= 11 is 0. The highest BCUT2D eigenvalue weighted by Crippen LogP contribution is 2.19. The molecule has 26 heavy (non-hydrogen) atoms. The lowest BCUT2D eigenvalue weighted by molar-refractivity contribution is 0.102. The summed E-state index contributed by atoms with van der Waals surface area (Å²) < 4.78 is 39.8. The Hall–Kier alpha value is -3.35. The number of hydrogen-bond acceptors (Lipinski definition) is 3. The molecule has 2 aromatic carbocycles. The molecular weight excluding hydrogens is 343 g/mol. The van der Waals surface area contributed by atoms with Crippen molar-refractivity contribution in [2.45, 2.75) is 6.92 Å². The van der Waals surface area contributed by atoms with Crippen molar-refractivity contribution in [2.75, 3.05) is 10.6 Å². The van der Waals surface area contributed by atoms with E-state index in [0.29, 0.717) is 11.8 Å². The van der Waals surface area contributed by atoms with E-state index in [2.05, 4.69) is 15.6 Å². The molecule has 0 spiro atoms. The first-order valence-corrected chi connectivity index (χ1v) is 7.68. The minimum absolute atomic E-state index is 0.147. The van der Waals surface area contributed by atoms with Gasteiger partial charge in [0.2, 0.25) is 0 Å². The number of nitrogens with zero attached hydrogens (tertiary/aromatic N) is 1. The monoisotopic (exact) mass is 357 g/mol. The molecule has 2 N–H and O–H groups in total. The summed E-state index contributed by atoms with van der Waals surface area (Å²) in [6.45, 7) is 1.97. The van der Waals surface area contributed by atoms with Gasteiger partial charge in [0.25, 0.3) is 5.91 Å². The predicted octanol–water partition coefficient (Wildman–Crippen LogP) is 4.80. The average molecular weight is 357 g/mol. The van der Waals surface area contributed by atoms with Crippen LogP contribution in [-0.2, 0) is 0 Å². The molecule has 7 heteroatoms. The van der Waals surface area contributed by atoms with Crippen molar-refractivity contribution < 1.29 is 18.0 Å². The molecule has 132 valence electrons. The third-order valence-corrected chi connectivity index (χ3v) is 3.59. The molecule has 0 unspecified atom stereocenters. The van der Waals surface area contributed by atoms with Crippen molar-refractivity contribution in [1.29, 1.82) is 0 Å². The highest BCUT2D eigenvalue weighted by molar-refractivity contribution is 6.04. The first kappa shape index (κ1) is 17.5. The van der Waals surface area contributed by atoms with Gasteiger partial charge in [-0.25, -0.2) is 18.2 Å². The smallest absolute Gasteiger partial charge is 0.259 e. The molecule has 0 aliphatic heterocycles. The maximum atomic E-state index is 13.6. The van der Waals surface area contributed by atoms with Gasteiger partial charge in [-0.2, -0.15) is 0 Å². The number of aromatic nitrogens is 1. The van der Waals surface area contributed by atoms with Crippen LogP contribution in [0.4, 0.5) is 30.4 Å². The van der Waals surface area contributed by atoms with Gasteiger partial charge in [0.1, 0.15) is 5.82 Å². The molecule has 0 bridgehead atoms. The molecule has 1 aromatic heterocycles. The minimum atomic E-state index is -1.69. The Morgan fingerprint density at radius 2 is 1.77 bits per heavy atom. The number of carbonyl (C=O) groups excluding carboxylic acids is 1. The number of pyridine rings is 1. The Kier molecular flexibility index (Phi) is 4.88. The summed E-state index contributed by atoms with van der Waals surface area (Å²) in [5.41, 5.74) is 2.06. The first-order chi connectivity index (χ1) is 12.4. The molecule has 0 saturated carbocycles. The zero-order valence-electron chi connectivity index (χ0n) is 13.7. The summed E-state index contributed by atoms with van der Waals surface area (Å²) in [6.07, 6.45) is 1.49. The standard InChI is InChI=1S/C19H14F3N3O/c1-11-3-2-4-12(9-11)24-13-5-8-16(23-10-13)25-19(26)14-6-7-15(20)18(22)17(14)21/h2-10,24H,1H3,(H,23,25,26). The Morgan fingerprint density at radius 1 is 0.962 bits per heavy atom. The predicted molar refractivity (Wildman–Crippen MR) is 93.0 cm³/mol. The lowest BCUT2D eigenvalue weighted by Crippen LogP contribution is -2.16. The topological polar surface area (TPSA) is 54.0 Å². The second kappa shape index (κ2) is 7.26. The van der Waals surface area contributed by atoms with E-state index in [4.69, 9.17) is 0 Å². The Bertz CT molecular complexity index is 959. The largest absolute Gasteiger partial charge is 0.354 e. The fourth-order valence-corrected chi connectivity index (χ4v) is 2.32. The summed E-state index contributed by atoms with van der Waals surface area (Å²) in [5, 5.41) is 5.49. The van der Waals surface area contributed by atoms with Crippen LogP contribution in [0.25, 0.3) is 0 Å². The number of benzene rings is 2. The van der Waals surface area contributed by atoms with Crippen LogP contribution < -0.4 is 10.6 Å². The Labute approximate surface area is 147 Å². The zero-order valence-corrected chi connectivity index (χ0v) is 13.7. The van der Waals surface area contributed by atoms with Crippen LogP contribution in [0.2, 0.25) is 0 Å². The lowest BCUT2D eigenvalue weighted by Gasteiger charge is -2.09. The van der Waals surface area contributed by atoms with E-state index in [1.165, 1.54) is 12.3 Å². The number of amides is 1. The van der Waals surface area contributed by atoms with E-state index in [1.54, 1.807) is 6.07 Å².